The first kappa shape index (κ1) is 10.5. The van der Waals surface area contributed by atoms with Crippen molar-refractivity contribution >= 4 is 12.0 Å². The van der Waals surface area contributed by atoms with Crippen LogP contribution in [0, 0.1) is 0 Å². The summed E-state index contributed by atoms with van der Waals surface area (Å²) in [6.45, 7) is 2.40. The Bertz CT molecular complexity index is 423. The Labute approximate surface area is 93.4 Å². The van der Waals surface area contributed by atoms with Crippen LogP contribution in [0.5, 0.6) is 11.5 Å². The van der Waals surface area contributed by atoms with Crippen molar-refractivity contribution in [1.82, 2.24) is 0 Å². The molecule has 16 heavy (non-hydrogen) atoms. The minimum absolute atomic E-state index is 0.250. The first-order valence-corrected chi connectivity index (χ1v) is 5.04. The molecule has 0 saturated carbocycles. The molecule has 0 radical (unpaired) electrons. The van der Waals surface area contributed by atoms with Crippen molar-refractivity contribution in [3.8, 4) is 11.5 Å². The zero-order valence-corrected chi connectivity index (χ0v) is 8.93. The lowest BCUT2D eigenvalue weighted by molar-refractivity contribution is -0.137. The summed E-state index contributed by atoms with van der Waals surface area (Å²) in [5, 5.41) is 0. The Hall–Kier alpha value is -1.97. The monoisotopic (exact) mass is 220 g/mol. The maximum atomic E-state index is 11.1. The van der Waals surface area contributed by atoms with Crippen molar-refractivity contribution in [2.75, 3.05) is 13.4 Å². The lowest BCUT2D eigenvalue weighted by Gasteiger charge is -1.98. The molecule has 0 atom stereocenters. The van der Waals surface area contributed by atoms with Crippen molar-refractivity contribution in [3.05, 3.63) is 29.8 Å². The van der Waals surface area contributed by atoms with E-state index in [1.165, 1.54) is 6.08 Å². The highest BCUT2D eigenvalue weighted by Gasteiger charge is 2.12. The summed E-state index contributed by atoms with van der Waals surface area (Å²) in [6, 6.07) is 5.48. The van der Waals surface area contributed by atoms with Crippen LogP contribution in [0.15, 0.2) is 24.3 Å². The number of benzene rings is 1. The number of carbonyl (C=O) groups excluding carboxylic acids is 1. The summed E-state index contributed by atoms with van der Waals surface area (Å²) in [6.07, 6.45) is 3.07. The predicted octanol–water partition coefficient (Wildman–Crippen LogP) is 1.99. The molecular weight excluding hydrogens is 208 g/mol. The minimum Gasteiger partial charge on any atom is -0.463 e. The van der Waals surface area contributed by atoms with Gasteiger partial charge in [0.15, 0.2) is 11.5 Å². The Balaban J connectivity index is 2.08. The molecule has 4 heteroatoms. The summed E-state index contributed by atoms with van der Waals surface area (Å²) in [4.78, 5) is 11.1. The van der Waals surface area contributed by atoms with Gasteiger partial charge in [0.05, 0.1) is 6.61 Å². The van der Waals surface area contributed by atoms with E-state index in [2.05, 4.69) is 0 Å². The largest absolute Gasteiger partial charge is 0.463 e. The van der Waals surface area contributed by atoms with Gasteiger partial charge in [-0.05, 0) is 30.7 Å². The molecule has 4 nitrogen and oxygen atoms in total. The average molecular weight is 220 g/mol. The molecule has 0 aliphatic carbocycles. The molecule has 1 heterocycles. The molecule has 84 valence electrons. The topological polar surface area (TPSA) is 44.8 Å². The highest BCUT2D eigenvalue weighted by molar-refractivity contribution is 5.87. The zero-order valence-electron chi connectivity index (χ0n) is 8.93. The summed E-state index contributed by atoms with van der Waals surface area (Å²) < 4.78 is 15.2. The van der Waals surface area contributed by atoms with E-state index in [0.717, 1.165) is 11.3 Å². The molecule has 0 bridgehead atoms. The molecule has 0 fully saturated rings. The minimum atomic E-state index is -0.347. The van der Waals surface area contributed by atoms with E-state index in [1.807, 2.05) is 18.2 Å². The second-order valence-electron chi connectivity index (χ2n) is 3.20. The van der Waals surface area contributed by atoms with Gasteiger partial charge in [0, 0.05) is 6.08 Å². The Kier molecular flexibility index (Phi) is 3.10. The maximum absolute atomic E-state index is 11.1. The molecular formula is C12H12O4. The Morgan fingerprint density at radius 2 is 2.25 bits per heavy atom. The second kappa shape index (κ2) is 4.70. The van der Waals surface area contributed by atoms with Gasteiger partial charge in [-0.3, -0.25) is 0 Å². The fourth-order valence-electron chi connectivity index (χ4n) is 1.37. The lowest BCUT2D eigenvalue weighted by atomic mass is 10.2. The molecule has 0 unspecified atom stereocenters. The third kappa shape index (κ3) is 2.34. The molecule has 1 aliphatic rings. The van der Waals surface area contributed by atoms with Gasteiger partial charge < -0.3 is 14.2 Å². The number of rotatable bonds is 3. The molecule has 0 aromatic heterocycles. The van der Waals surface area contributed by atoms with Crippen LogP contribution in [0.4, 0.5) is 0 Å². The van der Waals surface area contributed by atoms with Gasteiger partial charge >= 0.3 is 5.97 Å². The van der Waals surface area contributed by atoms with E-state index in [0.29, 0.717) is 12.4 Å². The van der Waals surface area contributed by atoms with Gasteiger partial charge in [-0.15, -0.1) is 0 Å². The summed E-state index contributed by atoms with van der Waals surface area (Å²) in [5.74, 6) is 1.08. The molecule has 1 aromatic carbocycles. The van der Waals surface area contributed by atoms with Crippen molar-refractivity contribution in [2.24, 2.45) is 0 Å². The van der Waals surface area contributed by atoms with Crippen molar-refractivity contribution in [3.63, 3.8) is 0 Å². The number of hydrogen-bond donors (Lipinski definition) is 0. The first-order valence-electron chi connectivity index (χ1n) is 5.04. The van der Waals surface area contributed by atoms with E-state index in [1.54, 1.807) is 13.0 Å². The highest BCUT2D eigenvalue weighted by Crippen LogP contribution is 2.32. The number of esters is 1. The number of fused-ring (bicyclic) bond motifs is 1. The fraction of sp³-hybridized carbons (Fsp3) is 0.250. The number of hydrogen-bond acceptors (Lipinski definition) is 4. The molecule has 1 aliphatic heterocycles. The van der Waals surface area contributed by atoms with E-state index in [-0.39, 0.29) is 12.8 Å². The molecule has 1 aromatic rings. The lowest BCUT2D eigenvalue weighted by Crippen LogP contribution is -1.98. The molecule has 0 N–H and O–H groups in total. The van der Waals surface area contributed by atoms with Crippen LogP contribution >= 0.6 is 0 Å². The van der Waals surface area contributed by atoms with Gasteiger partial charge in [0.2, 0.25) is 6.79 Å². The zero-order chi connectivity index (χ0) is 11.4. The van der Waals surface area contributed by atoms with Gasteiger partial charge in [-0.1, -0.05) is 6.07 Å². The van der Waals surface area contributed by atoms with Crippen LogP contribution in [-0.4, -0.2) is 19.4 Å². The van der Waals surface area contributed by atoms with E-state index >= 15 is 0 Å². The summed E-state index contributed by atoms with van der Waals surface area (Å²) >= 11 is 0. The van der Waals surface area contributed by atoms with Gasteiger partial charge in [0.1, 0.15) is 0 Å². The maximum Gasteiger partial charge on any atom is 0.330 e. The van der Waals surface area contributed by atoms with Gasteiger partial charge in [-0.25, -0.2) is 4.79 Å². The van der Waals surface area contributed by atoms with Crippen molar-refractivity contribution in [1.29, 1.82) is 0 Å². The van der Waals surface area contributed by atoms with Gasteiger partial charge in [0.25, 0.3) is 0 Å². The van der Waals surface area contributed by atoms with Crippen LogP contribution in [0.25, 0.3) is 6.08 Å². The number of carbonyl (C=O) groups is 1. The van der Waals surface area contributed by atoms with Crippen LogP contribution in [0.2, 0.25) is 0 Å². The summed E-state index contributed by atoms with van der Waals surface area (Å²) in [5.41, 5.74) is 0.873. The smallest absolute Gasteiger partial charge is 0.330 e. The molecule has 0 amide bonds. The van der Waals surface area contributed by atoms with Gasteiger partial charge in [-0.2, -0.15) is 0 Å². The van der Waals surface area contributed by atoms with Crippen LogP contribution in [0.3, 0.4) is 0 Å². The second-order valence-corrected chi connectivity index (χ2v) is 3.20. The third-order valence-corrected chi connectivity index (χ3v) is 2.10. The van der Waals surface area contributed by atoms with Crippen LogP contribution in [-0.2, 0) is 9.53 Å². The normalized spacial score (nSPS) is 13.1. The average Bonchev–Trinajstić information content (AvgIpc) is 2.74. The quantitative estimate of drug-likeness (QED) is 0.577. The highest BCUT2D eigenvalue weighted by atomic mass is 16.7. The molecule has 0 saturated heterocycles. The fourth-order valence-corrected chi connectivity index (χ4v) is 1.37. The van der Waals surface area contributed by atoms with Crippen molar-refractivity contribution < 1.29 is 19.0 Å². The Morgan fingerprint density at radius 3 is 3.06 bits per heavy atom. The SMILES string of the molecule is CCOC(=O)/C=C\c1ccc2c(c1)OCO2. The molecule has 0 spiro atoms. The van der Waals surface area contributed by atoms with Crippen molar-refractivity contribution in [2.45, 2.75) is 6.92 Å². The molecule has 2 rings (SSSR count). The number of ether oxygens (including phenoxy) is 3. The van der Waals surface area contributed by atoms with E-state index in [9.17, 15) is 4.79 Å². The van der Waals surface area contributed by atoms with Crippen LogP contribution < -0.4 is 9.47 Å². The van der Waals surface area contributed by atoms with E-state index in [4.69, 9.17) is 14.2 Å². The first-order chi connectivity index (χ1) is 7.79. The summed E-state index contributed by atoms with van der Waals surface area (Å²) in [7, 11) is 0. The Morgan fingerprint density at radius 1 is 1.44 bits per heavy atom. The standard InChI is InChI=1S/C12H12O4/c1-2-14-12(13)6-4-9-3-5-10-11(7-9)16-8-15-10/h3-7H,2,8H2,1H3/b6-4-. The van der Waals surface area contributed by atoms with Crippen LogP contribution in [0.1, 0.15) is 12.5 Å². The predicted molar refractivity (Wildman–Crippen MR) is 58.2 cm³/mol. The van der Waals surface area contributed by atoms with E-state index < -0.39 is 0 Å². The third-order valence-electron chi connectivity index (χ3n) is 2.10.